The van der Waals surface area contributed by atoms with E-state index >= 15 is 0 Å². The van der Waals surface area contributed by atoms with E-state index in [0.717, 1.165) is 11.4 Å². The Hall–Kier alpha value is -2.44. The van der Waals surface area contributed by atoms with Crippen LogP contribution in [0, 0.1) is 13.8 Å². The van der Waals surface area contributed by atoms with Gasteiger partial charge in [0.2, 0.25) is 5.91 Å². The van der Waals surface area contributed by atoms with Gasteiger partial charge in [0, 0.05) is 36.4 Å². The summed E-state index contributed by atoms with van der Waals surface area (Å²) in [5, 5.41) is 0. The molecule has 0 aliphatic heterocycles. The molecule has 0 aliphatic carbocycles. The van der Waals surface area contributed by atoms with E-state index in [1.54, 1.807) is 38.2 Å². The molecule has 0 saturated carbocycles. The number of nitrogens with zero attached hydrogens (tertiary/aromatic N) is 3. The summed E-state index contributed by atoms with van der Waals surface area (Å²) < 4.78 is 0. The van der Waals surface area contributed by atoms with Crippen LogP contribution in [0.3, 0.4) is 0 Å². The Balaban J connectivity index is 2.10. The molecule has 7 nitrogen and oxygen atoms in total. The van der Waals surface area contributed by atoms with Crippen molar-refractivity contribution in [3.8, 4) is 0 Å². The van der Waals surface area contributed by atoms with Crippen molar-refractivity contribution >= 4 is 5.91 Å². The second-order valence-corrected chi connectivity index (χ2v) is 4.69. The maximum absolute atomic E-state index is 12.2. The summed E-state index contributed by atoms with van der Waals surface area (Å²) >= 11 is 0. The third-order valence-corrected chi connectivity index (χ3v) is 3.15. The van der Waals surface area contributed by atoms with Gasteiger partial charge >= 0.3 is 5.69 Å². The van der Waals surface area contributed by atoms with E-state index < -0.39 is 0 Å². The van der Waals surface area contributed by atoms with Gasteiger partial charge in [-0.3, -0.25) is 4.79 Å². The van der Waals surface area contributed by atoms with Crippen LogP contribution in [0.25, 0.3) is 0 Å². The molecule has 0 fully saturated rings. The van der Waals surface area contributed by atoms with E-state index in [0.29, 0.717) is 17.9 Å². The van der Waals surface area contributed by atoms with Gasteiger partial charge < -0.3 is 14.9 Å². The first-order valence-corrected chi connectivity index (χ1v) is 6.26. The van der Waals surface area contributed by atoms with Crippen LogP contribution in [-0.2, 0) is 17.8 Å². The Labute approximate surface area is 116 Å². The van der Waals surface area contributed by atoms with Gasteiger partial charge in [-0.1, -0.05) is 0 Å². The number of nitrogens with one attached hydrogen (secondary N) is 2. The molecule has 0 atom stereocenters. The molecule has 0 unspecified atom stereocenters. The topological polar surface area (TPSA) is 94.7 Å². The summed E-state index contributed by atoms with van der Waals surface area (Å²) in [4.78, 5) is 38.5. The molecule has 20 heavy (non-hydrogen) atoms. The minimum atomic E-state index is -0.389. The number of aryl methyl sites for hydroxylation is 2. The summed E-state index contributed by atoms with van der Waals surface area (Å²) in [6.07, 6.45) is 3.57. The molecule has 0 aliphatic rings. The fourth-order valence-corrected chi connectivity index (χ4v) is 2.00. The molecule has 0 bridgehead atoms. The summed E-state index contributed by atoms with van der Waals surface area (Å²) in [7, 11) is 1.72. The number of imidazole rings is 1. The van der Waals surface area contributed by atoms with Crippen LogP contribution in [0.15, 0.2) is 17.2 Å². The van der Waals surface area contributed by atoms with Crippen LogP contribution < -0.4 is 5.69 Å². The molecule has 2 aromatic heterocycles. The van der Waals surface area contributed by atoms with Crippen LogP contribution >= 0.6 is 0 Å². The number of aromatic amines is 2. The van der Waals surface area contributed by atoms with Gasteiger partial charge in [0.1, 0.15) is 5.82 Å². The van der Waals surface area contributed by atoms with Crippen LogP contribution in [0.2, 0.25) is 0 Å². The van der Waals surface area contributed by atoms with E-state index in [2.05, 4.69) is 19.9 Å². The van der Waals surface area contributed by atoms with Crippen LogP contribution in [0.5, 0.6) is 0 Å². The first kappa shape index (κ1) is 14.0. The number of carbonyl (C=O) groups is 1. The third kappa shape index (κ3) is 3.11. The highest BCUT2D eigenvalue weighted by atomic mass is 16.2. The molecule has 0 spiro atoms. The van der Waals surface area contributed by atoms with Crippen molar-refractivity contribution < 1.29 is 4.79 Å². The molecule has 0 saturated heterocycles. The quantitative estimate of drug-likeness (QED) is 0.839. The lowest BCUT2D eigenvalue weighted by molar-refractivity contribution is -0.129. The number of hydrogen-bond donors (Lipinski definition) is 2. The van der Waals surface area contributed by atoms with Crippen molar-refractivity contribution in [3.63, 3.8) is 0 Å². The second-order valence-electron chi connectivity index (χ2n) is 4.69. The van der Waals surface area contributed by atoms with Crippen LogP contribution in [-0.4, -0.2) is 37.8 Å². The van der Waals surface area contributed by atoms with E-state index in [4.69, 9.17) is 0 Å². The first-order chi connectivity index (χ1) is 9.47. The summed E-state index contributed by atoms with van der Waals surface area (Å²) in [5.41, 5.74) is 1.65. The van der Waals surface area contributed by atoms with Gasteiger partial charge in [-0.05, 0) is 13.8 Å². The Kier molecular flexibility index (Phi) is 3.97. The summed E-state index contributed by atoms with van der Waals surface area (Å²) in [5.74, 6) is 0.676. The first-order valence-electron chi connectivity index (χ1n) is 6.26. The maximum Gasteiger partial charge on any atom is 0.345 e. The highest BCUT2D eigenvalue weighted by Crippen LogP contribution is 2.09. The van der Waals surface area contributed by atoms with Gasteiger partial charge in [0.25, 0.3) is 0 Å². The van der Waals surface area contributed by atoms with E-state index in [1.807, 2.05) is 0 Å². The van der Waals surface area contributed by atoms with Crippen LogP contribution in [0.4, 0.5) is 0 Å². The van der Waals surface area contributed by atoms with E-state index in [1.165, 1.54) is 0 Å². The van der Waals surface area contributed by atoms with Gasteiger partial charge in [-0.25, -0.2) is 9.78 Å². The predicted octanol–water partition coefficient (Wildman–Crippen LogP) is 0.311. The molecule has 2 rings (SSSR count). The van der Waals surface area contributed by atoms with E-state index in [-0.39, 0.29) is 18.0 Å². The molecule has 106 valence electrons. The minimum absolute atomic E-state index is 0.0542. The minimum Gasteiger partial charge on any atom is -0.347 e. The average Bonchev–Trinajstić information content (AvgIpc) is 2.86. The summed E-state index contributed by atoms with van der Waals surface area (Å²) in [6.45, 7) is 3.92. The Morgan fingerprint density at radius 1 is 1.40 bits per heavy atom. The fraction of sp³-hybridized carbons (Fsp3) is 0.385. The number of carbonyl (C=O) groups excluding carboxylic acids is 1. The summed E-state index contributed by atoms with van der Waals surface area (Å²) in [6, 6.07) is 0. The Morgan fingerprint density at radius 3 is 2.75 bits per heavy atom. The standard InChI is InChI=1S/C13H17N5O2/c1-8-10(9(2)17-13(20)16-8)6-12(19)18(3)7-11-14-4-5-15-11/h4-5H,6-7H2,1-3H3,(H,14,15)(H,16,17,20). The smallest absolute Gasteiger partial charge is 0.345 e. The van der Waals surface area contributed by atoms with Crippen molar-refractivity contribution in [1.82, 2.24) is 24.8 Å². The zero-order chi connectivity index (χ0) is 14.7. The van der Waals surface area contributed by atoms with Crippen molar-refractivity contribution in [1.29, 1.82) is 0 Å². The van der Waals surface area contributed by atoms with Gasteiger partial charge in [0.05, 0.1) is 13.0 Å². The lowest BCUT2D eigenvalue weighted by Gasteiger charge is -2.17. The van der Waals surface area contributed by atoms with Gasteiger partial charge in [0.15, 0.2) is 0 Å². The number of amides is 1. The highest BCUT2D eigenvalue weighted by Gasteiger charge is 2.15. The van der Waals surface area contributed by atoms with Gasteiger partial charge in [-0.15, -0.1) is 0 Å². The molecular formula is C13H17N5O2. The molecule has 2 aromatic rings. The molecule has 7 heteroatoms. The number of H-pyrrole nitrogens is 2. The highest BCUT2D eigenvalue weighted by molar-refractivity contribution is 5.78. The SMILES string of the molecule is Cc1nc(=O)[nH]c(C)c1CC(=O)N(C)Cc1ncc[nH]1. The zero-order valence-corrected chi connectivity index (χ0v) is 11.7. The number of hydrogen-bond acceptors (Lipinski definition) is 4. The largest absolute Gasteiger partial charge is 0.347 e. The fourth-order valence-electron chi connectivity index (χ4n) is 2.00. The van der Waals surface area contributed by atoms with E-state index in [9.17, 15) is 9.59 Å². The lowest BCUT2D eigenvalue weighted by Crippen LogP contribution is -2.29. The predicted molar refractivity (Wildman–Crippen MR) is 73.1 cm³/mol. The molecule has 2 heterocycles. The third-order valence-electron chi connectivity index (χ3n) is 3.15. The van der Waals surface area contributed by atoms with Gasteiger partial charge in [-0.2, -0.15) is 4.98 Å². The molecule has 1 amide bonds. The number of aromatic nitrogens is 4. The van der Waals surface area contributed by atoms with Crippen molar-refractivity contribution in [2.24, 2.45) is 0 Å². The molecular weight excluding hydrogens is 258 g/mol. The molecule has 0 radical (unpaired) electrons. The normalized spacial score (nSPS) is 10.6. The monoisotopic (exact) mass is 275 g/mol. The maximum atomic E-state index is 12.2. The zero-order valence-electron chi connectivity index (χ0n) is 11.7. The van der Waals surface area contributed by atoms with Crippen LogP contribution in [0.1, 0.15) is 22.8 Å². The second kappa shape index (κ2) is 5.68. The Bertz CT molecular complexity index is 634. The lowest BCUT2D eigenvalue weighted by atomic mass is 10.1. The van der Waals surface area contributed by atoms with Crippen molar-refractivity contribution in [3.05, 3.63) is 45.7 Å². The molecule has 2 N–H and O–H groups in total. The number of rotatable bonds is 4. The number of likely N-dealkylation sites (N-methyl/N-ethyl adjacent to an activating group) is 1. The Morgan fingerprint density at radius 2 is 2.15 bits per heavy atom. The van der Waals surface area contributed by atoms with Crippen molar-refractivity contribution in [2.75, 3.05) is 7.05 Å². The van der Waals surface area contributed by atoms with Crippen molar-refractivity contribution in [2.45, 2.75) is 26.8 Å². The molecule has 0 aromatic carbocycles. The average molecular weight is 275 g/mol.